The van der Waals surface area contributed by atoms with Gasteiger partial charge >= 0.3 is 0 Å². The molecule has 0 aliphatic carbocycles. The van der Waals surface area contributed by atoms with E-state index in [1.807, 2.05) is 0 Å². The van der Waals surface area contributed by atoms with E-state index in [4.69, 9.17) is 19.9 Å². The summed E-state index contributed by atoms with van der Waals surface area (Å²) in [4.78, 5) is 24.6. The first-order valence-electron chi connectivity index (χ1n) is 24.3. The standard InChI is InChI=1S/C65H42N6/c1-65(2)53-30-14-18-34-58(53)71(64-67-56-32-16-12-29-49(56)62(69-64)52-36-40-20-4-6-22-42(40)44-24-8-10-26-46(44)52)60-38-59-50(37-54(60)65)47-27-13-17-33-57(47)70(59)63-66-55-31-15-11-28-48(55)61(68-63)51-35-39-19-3-5-21-41(39)43-23-7-9-25-45(43)51/h3-38H,1-2H3. The molecule has 0 bridgehead atoms. The van der Waals surface area contributed by atoms with Gasteiger partial charge in [-0.25, -0.2) is 19.9 Å². The van der Waals surface area contributed by atoms with Crippen LogP contribution in [0.1, 0.15) is 25.0 Å². The molecule has 0 unspecified atom stereocenters. The number of hydrogen-bond donors (Lipinski definition) is 0. The van der Waals surface area contributed by atoms with Gasteiger partial charge in [-0.05, 0) is 103 Å². The van der Waals surface area contributed by atoms with E-state index in [1.54, 1.807) is 0 Å². The Kier molecular flexibility index (Phi) is 8.32. The monoisotopic (exact) mass is 906 g/mol. The molecule has 0 fully saturated rings. The lowest BCUT2D eigenvalue weighted by Gasteiger charge is -2.41. The Morgan fingerprint density at radius 3 is 1.41 bits per heavy atom. The van der Waals surface area contributed by atoms with Crippen molar-refractivity contribution >= 4 is 104 Å². The third-order valence-corrected chi connectivity index (χ3v) is 15.2. The van der Waals surface area contributed by atoms with Gasteiger partial charge in [-0.1, -0.05) is 184 Å². The molecule has 332 valence electrons. The van der Waals surface area contributed by atoms with E-state index in [2.05, 4.69) is 242 Å². The maximum Gasteiger partial charge on any atom is 0.235 e. The van der Waals surface area contributed by atoms with Gasteiger partial charge in [-0.15, -0.1) is 0 Å². The number of hydrogen-bond acceptors (Lipinski definition) is 5. The number of nitrogens with zero attached hydrogens (tertiary/aromatic N) is 6. The molecule has 0 N–H and O–H groups in total. The van der Waals surface area contributed by atoms with Gasteiger partial charge in [0.05, 0.1) is 44.8 Å². The van der Waals surface area contributed by atoms with Crippen molar-refractivity contribution in [3.05, 3.63) is 230 Å². The molecule has 1 aliphatic heterocycles. The van der Waals surface area contributed by atoms with Crippen molar-refractivity contribution in [2.24, 2.45) is 0 Å². The number of rotatable bonds is 4. The van der Waals surface area contributed by atoms with Gasteiger partial charge < -0.3 is 0 Å². The van der Waals surface area contributed by atoms with Crippen LogP contribution in [-0.4, -0.2) is 24.5 Å². The van der Waals surface area contributed by atoms with Crippen LogP contribution in [-0.2, 0) is 5.41 Å². The van der Waals surface area contributed by atoms with E-state index >= 15 is 0 Å². The normalized spacial score (nSPS) is 13.3. The molecular weight excluding hydrogens is 865 g/mol. The summed E-state index contributed by atoms with van der Waals surface area (Å²) < 4.78 is 2.27. The topological polar surface area (TPSA) is 59.7 Å². The molecule has 11 aromatic carbocycles. The SMILES string of the molecule is CC1(C)c2ccccc2N(c2nc(-c3cc4ccccc4c4ccccc34)c3ccccc3n2)c2cc3c(cc21)c1ccccc1n3-c1nc(-c2cc3ccccc3c3ccccc23)c2ccccc2n1. The summed E-state index contributed by atoms with van der Waals surface area (Å²) in [6.07, 6.45) is 0. The van der Waals surface area contributed by atoms with Crippen LogP contribution in [0.4, 0.5) is 17.3 Å². The fourth-order valence-electron chi connectivity index (χ4n) is 11.8. The summed E-state index contributed by atoms with van der Waals surface area (Å²) >= 11 is 0. The number of fused-ring (bicyclic) bond motifs is 13. The molecule has 3 aromatic heterocycles. The number of anilines is 3. The number of aromatic nitrogens is 5. The van der Waals surface area contributed by atoms with Crippen LogP contribution in [0.5, 0.6) is 0 Å². The highest BCUT2D eigenvalue weighted by molar-refractivity contribution is 6.18. The molecule has 0 atom stereocenters. The van der Waals surface area contributed by atoms with Crippen LogP contribution in [0.25, 0.3) is 115 Å². The van der Waals surface area contributed by atoms with Crippen LogP contribution in [0.2, 0.25) is 0 Å². The van der Waals surface area contributed by atoms with Gasteiger partial charge in [0.1, 0.15) is 0 Å². The second kappa shape index (κ2) is 14.9. The molecule has 0 amide bonds. The summed E-state index contributed by atoms with van der Waals surface area (Å²) in [7, 11) is 0. The van der Waals surface area contributed by atoms with Crippen molar-refractivity contribution < 1.29 is 0 Å². The van der Waals surface area contributed by atoms with Crippen LogP contribution >= 0.6 is 0 Å². The average molecular weight is 907 g/mol. The molecule has 0 saturated heterocycles. The molecule has 0 spiro atoms. The van der Waals surface area contributed by atoms with E-state index in [9.17, 15) is 0 Å². The first-order valence-corrected chi connectivity index (χ1v) is 24.3. The quantitative estimate of drug-likeness (QED) is 0.165. The highest BCUT2D eigenvalue weighted by Crippen LogP contribution is 2.54. The molecule has 1 aliphatic rings. The minimum absolute atomic E-state index is 0.377. The summed E-state index contributed by atoms with van der Waals surface area (Å²) in [5.74, 6) is 1.21. The lowest BCUT2D eigenvalue weighted by atomic mass is 9.73. The van der Waals surface area contributed by atoms with Crippen molar-refractivity contribution in [3.8, 4) is 28.5 Å². The van der Waals surface area contributed by atoms with Crippen LogP contribution < -0.4 is 4.90 Å². The van der Waals surface area contributed by atoms with Gasteiger partial charge in [0.25, 0.3) is 0 Å². The van der Waals surface area contributed by atoms with Gasteiger partial charge in [0, 0.05) is 38.1 Å². The van der Waals surface area contributed by atoms with Crippen molar-refractivity contribution in [2.75, 3.05) is 4.90 Å². The van der Waals surface area contributed by atoms with Gasteiger partial charge in [-0.3, -0.25) is 9.47 Å². The molecule has 71 heavy (non-hydrogen) atoms. The zero-order chi connectivity index (χ0) is 47.0. The van der Waals surface area contributed by atoms with Crippen LogP contribution in [0.3, 0.4) is 0 Å². The Morgan fingerprint density at radius 2 is 0.789 bits per heavy atom. The Bertz CT molecular complexity index is 4590. The third kappa shape index (κ3) is 5.76. The Morgan fingerprint density at radius 1 is 0.324 bits per heavy atom. The summed E-state index contributed by atoms with van der Waals surface area (Å²) in [5, 5.41) is 13.8. The summed E-state index contributed by atoms with van der Waals surface area (Å²) in [5.41, 5.74) is 11.8. The lowest BCUT2D eigenvalue weighted by molar-refractivity contribution is 0.632. The third-order valence-electron chi connectivity index (χ3n) is 15.2. The zero-order valence-corrected chi connectivity index (χ0v) is 39.0. The first-order chi connectivity index (χ1) is 35.0. The van der Waals surface area contributed by atoms with E-state index in [1.165, 1.54) is 43.4 Å². The van der Waals surface area contributed by atoms with Crippen LogP contribution in [0.15, 0.2) is 218 Å². The lowest BCUT2D eigenvalue weighted by Crippen LogP contribution is -2.31. The number of benzene rings is 11. The van der Waals surface area contributed by atoms with Crippen molar-refractivity contribution in [1.82, 2.24) is 24.5 Å². The molecule has 4 heterocycles. The van der Waals surface area contributed by atoms with Gasteiger partial charge in [0.2, 0.25) is 11.9 Å². The molecule has 0 saturated carbocycles. The Labute approximate surface area is 408 Å². The van der Waals surface area contributed by atoms with Crippen LogP contribution in [0, 0.1) is 0 Å². The Balaban J connectivity index is 1.02. The second-order valence-corrected chi connectivity index (χ2v) is 19.4. The predicted octanol–water partition coefficient (Wildman–Crippen LogP) is 16.7. The van der Waals surface area contributed by atoms with E-state index in [-0.39, 0.29) is 5.41 Å². The van der Waals surface area contributed by atoms with Gasteiger partial charge in [-0.2, -0.15) is 0 Å². The fourth-order valence-corrected chi connectivity index (χ4v) is 11.8. The summed E-state index contributed by atoms with van der Waals surface area (Å²) in [6.45, 7) is 4.68. The minimum Gasteiger partial charge on any atom is -0.278 e. The smallest absolute Gasteiger partial charge is 0.235 e. The molecule has 14 aromatic rings. The highest BCUT2D eigenvalue weighted by atomic mass is 15.3. The maximum absolute atomic E-state index is 5.71. The average Bonchev–Trinajstić information content (AvgIpc) is 3.75. The minimum atomic E-state index is -0.377. The van der Waals surface area contributed by atoms with Crippen molar-refractivity contribution in [2.45, 2.75) is 19.3 Å². The largest absolute Gasteiger partial charge is 0.278 e. The molecule has 6 nitrogen and oxygen atoms in total. The fraction of sp³-hybridized carbons (Fsp3) is 0.0462. The van der Waals surface area contributed by atoms with E-state index in [0.29, 0.717) is 11.9 Å². The van der Waals surface area contributed by atoms with Crippen molar-refractivity contribution in [3.63, 3.8) is 0 Å². The molecule has 0 radical (unpaired) electrons. The van der Waals surface area contributed by atoms with E-state index in [0.717, 1.165) is 88.3 Å². The predicted molar refractivity (Wildman–Crippen MR) is 295 cm³/mol. The second-order valence-electron chi connectivity index (χ2n) is 19.4. The van der Waals surface area contributed by atoms with Crippen molar-refractivity contribution in [1.29, 1.82) is 0 Å². The maximum atomic E-state index is 5.71. The Hall–Kier alpha value is -9.26. The zero-order valence-electron chi connectivity index (χ0n) is 39.0. The highest BCUT2D eigenvalue weighted by Gasteiger charge is 2.39. The summed E-state index contributed by atoms with van der Waals surface area (Å²) in [6, 6.07) is 78.3. The van der Waals surface area contributed by atoms with E-state index < -0.39 is 0 Å². The molecular formula is C65H42N6. The molecule has 6 heteroatoms. The molecule has 15 rings (SSSR count). The first kappa shape index (κ1) is 39.7. The van der Waals surface area contributed by atoms with Gasteiger partial charge in [0.15, 0.2) is 0 Å². The number of para-hydroxylation sites is 4.